The summed E-state index contributed by atoms with van der Waals surface area (Å²) in [5.41, 5.74) is 5.05. The van der Waals surface area contributed by atoms with Gasteiger partial charge in [-0.05, 0) is 52.5 Å². The van der Waals surface area contributed by atoms with E-state index in [1.807, 2.05) is 30.3 Å². The highest BCUT2D eigenvalue weighted by Gasteiger charge is 2.21. The Balaban J connectivity index is 1.78. The highest BCUT2D eigenvalue weighted by atomic mass is 16.4. The molecule has 5 nitrogen and oxygen atoms in total. The van der Waals surface area contributed by atoms with Crippen LogP contribution < -0.4 is 10.6 Å². The first-order valence-electron chi connectivity index (χ1n) is 12.3. The number of amides is 1. The van der Waals surface area contributed by atoms with Crippen LogP contribution in [0.3, 0.4) is 0 Å². The lowest BCUT2D eigenvalue weighted by Gasteiger charge is -2.26. The van der Waals surface area contributed by atoms with Crippen molar-refractivity contribution in [1.82, 2.24) is 10.6 Å². The van der Waals surface area contributed by atoms with E-state index in [0.717, 1.165) is 25.1 Å². The monoisotopic (exact) mass is 466 g/mol. The van der Waals surface area contributed by atoms with E-state index in [0.29, 0.717) is 12.8 Å². The minimum absolute atomic E-state index is 0.0949. The van der Waals surface area contributed by atoms with Gasteiger partial charge in [0.2, 0.25) is 5.91 Å². The molecule has 5 heteroatoms. The molecule has 0 spiro atoms. The zero-order chi connectivity index (χ0) is 25.4. The van der Waals surface area contributed by atoms with E-state index in [9.17, 15) is 14.7 Å². The van der Waals surface area contributed by atoms with Crippen molar-refractivity contribution in [3.63, 3.8) is 0 Å². The number of nitrogens with one attached hydrogen (secondary N) is 2. The van der Waals surface area contributed by atoms with Gasteiger partial charge in [-0.2, -0.15) is 0 Å². The fourth-order valence-electron chi connectivity index (χ4n) is 3.74. The summed E-state index contributed by atoms with van der Waals surface area (Å²) in [4.78, 5) is 23.8. The van der Waals surface area contributed by atoms with Crippen LogP contribution in [0.1, 0.15) is 83.1 Å². The summed E-state index contributed by atoms with van der Waals surface area (Å²) < 4.78 is 0. The van der Waals surface area contributed by atoms with Crippen molar-refractivity contribution in [1.29, 1.82) is 0 Å². The maximum absolute atomic E-state index is 12.3. The molecule has 0 bridgehead atoms. The standard InChI is InChI=1S/C29H42N2O3/c1-28(2,3)23-16-22(17-24(19-23)29(4,5)6)20-30-15-11-10-14-26(32)31-25(27(33)34)18-21-12-8-7-9-13-21/h7-9,12-13,16-17,19,25,30H,10-11,14-15,18,20H2,1-6H3,(H,31,32)(H,33,34)/t25-/m0/s1. The second-order valence-electron chi connectivity index (χ2n) is 11.2. The first-order chi connectivity index (χ1) is 15.9. The highest BCUT2D eigenvalue weighted by molar-refractivity contribution is 5.83. The van der Waals surface area contributed by atoms with Crippen LogP contribution in [0, 0.1) is 0 Å². The van der Waals surface area contributed by atoms with E-state index in [1.165, 1.54) is 16.7 Å². The summed E-state index contributed by atoms with van der Waals surface area (Å²) in [5.74, 6) is -1.22. The number of hydrogen-bond donors (Lipinski definition) is 3. The lowest BCUT2D eigenvalue weighted by atomic mass is 9.79. The van der Waals surface area contributed by atoms with Crippen LogP contribution in [-0.4, -0.2) is 29.6 Å². The quantitative estimate of drug-likeness (QED) is 0.390. The third kappa shape index (κ3) is 9.30. The van der Waals surface area contributed by atoms with E-state index in [-0.39, 0.29) is 23.2 Å². The van der Waals surface area contributed by atoms with Crippen LogP contribution >= 0.6 is 0 Å². The third-order valence-electron chi connectivity index (χ3n) is 5.98. The van der Waals surface area contributed by atoms with Crippen LogP contribution in [0.5, 0.6) is 0 Å². The Morgan fingerprint density at radius 2 is 1.44 bits per heavy atom. The Bertz CT molecular complexity index is 908. The number of hydrogen-bond acceptors (Lipinski definition) is 3. The Kier molecular flexibility index (Phi) is 9.87. The second-order valence-corrected chi connectivity index (χ2v) is 11.2. The van der Waals surface area contributed by atoms with E-state index in [4.69, 9.17) is 0 Å². The van der Waals surface area contributed by atoms with E-state index < -0.39 is 12.0 Å². The molecule has 1 atom stereocenters. The van der Waals surface area contributed by atoms with Gasteiger partial charge in [0.15, 0.2) is 0 Å². The van der Waals surface area contributed by atoms with Gasteiger partial charge in [0.1, 0.15) is 6.04 Å². The molecule has 0 radical (unpaired) electrons. The molecule has 0 unspecified atom stereocenters. The molecule has 0 heterocycles. The number of unbranched alkanes of at least 4 members (excludes halogenated alkanes) is 1. The van der Waals surface area contributed by atoms with Crippen molar-refractivity contribution in [2.24, 2.45) is 0 Å². The predicted molar refractivity (Wildman–Crippen MR) is 139 cm³/mol. The first kappa shape index (κ1) is 27.6. The molecule has 2 rings (SSSR count). The van der Waals surface area contributed by atoms with Crippen molar-refractivity contribution in [2.45, 2.75) is 90.6 Å². The molecular formula is C29H42N2O3. The fraction of sp³-hybridized carbons (Fsp3) is 0.517. The Labute approximate surface area is 205 Å². The molecular weight excluding hydrogens is 424 g/mol. The molecule has 0 aromatic heterocycles. The molecule has 0 aliphatic carbocycles. The lowest BCUT2D eigenvalue weighted by Crippen LogP contribution is -2.42. The van der Waals surface area contributed by atoms with Crippen molar-refractivity contribution in [3.8, 4) is 0 Å². The molecule has 0 fully saturated rings. The SMILES string of the molecule is CC(C)(C)c1cc(CNCCCCC(=O)N[C@@H](Cc2ccccc2)C(=O)O)cc(C(C)(C)C)c1. The summed E-state index contributed by atoms with van der Waals surface area (Å²) in [6.07, 6.45) is 2.18. The zero-order valence-corrected chi connectivity index (χ0v) is 21.7. The van der Waals surface area contributed by atoms with E-state index >= 15 is 0 Å². The second kappa shape index (κ2) is 12.2. The number of carbonyl (C=O) groups is 2. The van der Waals surface area contributed by atoms with Crippen LogP contribution in [0.2, 0.25) is 0 Å². The van der Waals surface area contributed by atoms with Gasteiger partial charge in [-0.1, -0.05) is 90.1 Å². The third-order valence-corrected chi connectivity index (χ3v) is 5.98. The molecule has 34 heavy (non-hydrogen) atoms. The number of aliphatic carboxylic acids is 1. The number of carbonyl (C=O) groups excluding carboxylic acids is 1. The van der Waals surface area contributed by atoms with Crippen LogP contribution in [0.15, 0.2) is 48.5 Å². The van der Waals surface area contributed by atoms with Gasteiger partial charge < -0.3 is 15.7 Å². The number of carboxylic acids is 1. The zero-order valence-electron chi connectivity index (χ0n) is 21.7. The lowest BCUT2D eigenvalue weighted by molar-refractivity contribution is -0.141. The molecule has 2 aromatic carbocycles. The summed E-state index contributed by atoms with van der Waals surface area (Å²) >= 11 is 0. The largest absolute Gasteiger partial charge is 0.480 e. The van der Waals surface area contributed by atoms with E-state index in [2.05, 4.69) is 70.4 Å². The molecule has 186 valence electrons. The Morgan fingerprint density at radius 1 is 0.853 bits per heavy atom. The molecule has 2 aromatic rings. The summed E-state index contributed by atoms with van der Waals surface area (Å²) in [6, 6.07) is 15.4. The topological polar surface area (TPSA) is 78.4 Å². The molecule has 3 N–H and O–H groups in total. The normalized spacial score (nSPS) is 12.9. The minimum atomic E-state index is -1.01. The average Bonchev–Trinajstić information content (AvgIpc) is 2.75. The van der Waals surface area contributed by atoms with Gasteiger partial charge in [-0.15, -0.1) is 0 Å². The van der Waals surface area contributed by atoms with Crippen molar-refractivity contribution in [3.05, 3.63) is 70.8 Å². The number of carboxylic acid groups (broad SMARTS) is 1. The van der Waals surface area contributed by atoms with Gasteiger partial charge in [0.25, 0.3) is 0 Å². The number of benzene rings is 2. The predicted octanol–water partition coefficient (Wildman–Crippen LogP) is 5.35. The maximum Gasteiger partial charge on any atom is 0.326 e. The van der Waals surface area contributed by atoms with E-state index in [1.54, 1.807) is 0 Å². The van der Waals surface area contributed by atoms with Crippen molar-refractivity contribution >= 4 is 11.9 Å². The van der Waals surface area contributed by atoms with Crippen LogP contribution in [0.25, 0.3) is 0 Å². The van der Waals surface area contributed by atoms with Gasteiger partial charge in [-0.25, -0.2) is 4.79 Å². The van der Waals surface area contributed by atoms with Gasteiger partial charge in [0.05, 0.1) is 0 Å². The van der Waals surface area contributed by atoms with Gasteiger partial charge in [-0.3, -0.25) is 4.79 Å². The van der Waals surface area contributed by atoms with Crippen molar-refractivity contribution in [2.75, 3.05) is 6.54 Å². The average molecular weight is 467 g/mol. The Morgan fingerprint density at radius 3 is 1.97 bits per heavy atom. The summed E-state index contributed by atoms with van der Waals surface area (Å²) in [7, 11) is 0. The van der Waals surface area contributed by atoms with Gasteiger partial charge in [0, 0.05) is 19.4 Å². The van der Waals surface area contributed by atoms with Gasteiger partial charge >= 0.3 is 5.97 Å². The Hall–Kier alpha value is -2.66. The molecule has 0 saturated heterocycles. The highest BCUT2D eigenvalue weighted by Crippen LogP contribution is 2.30. The smallest absolute Gasteiger partial charge is 0.326 e. The molecule has 0 saturated carbocycles. The minimum Gasteiger partial charge on any atom is -0.480 e. The fourth-order valence-corrected chi connectivity index (χ4v) is 3.74. The summed E-state index contributed by atoms with van der Waals surface area (Å²) in [5, 5.41) is 15.6. The number of rotatable bonds is 11. The van der Waals surface area contributed by atoms with Crippen LogP contribution in [0.4, 0.5) is 0 Å². The molecule has 0 aliphatic rings. The van der Waals surface area contributed by atoms with Crippen LogP contribution in [-0.2, 0) is 33.4 Å². The maximum atomic E-state index is 12.3. The summed E-state index contributed by atoms with van der Waals surface area (Å²) in [6.45, 7) is 15.0. The molecule has 1 amide bonds. The first-order valence-corrected chi connectivity index (χ1v) is 12.3. The molecule has 0 aliphatic heterocycles. The van der Waals surface area contributed by atoms with Crippen molar-refractivity contribution < 1.29 is 14.7 Å².